The van der Waals surface area contributed by atoms with E-state index in [0.717, 1.165) is 0 Å². The van der Waals surface area contributed by atoms with Crippen LogP contribution in [0, 0.1) is 17.7 Å². The highest BCUT2D eigenvalue weighted by atomic mass is 19.1. The average Bonchev–Trinajstić information content (AvgIpc) is 2.53. The molecule has 1 fully saturated rings. The van der Waals surface area contributed by atoms with Gasteiger partial charge in [-0.25, -0.2) is 4.39 Å². The van der Waals surface area contributed by atoms with E-state index in [-0.39, 0.29) is 30.6 Å². The number of halogens is 1. The van der Waals surface area contributed by atoms with Crippen LogP contribution in [0.15, 0.2) is 24.3 Å². The van der Waals surface area contributed by atoms with Crippen molar-refractivity contribution in [3.63, 3.8) is 0 Å². The maximum Gasteiger partial charge on any atom is 0.226 e. The molecule has 6 heteroatoms. The predicted molar refractivity (Wildman–Crippen MR) is 92.9 cm³/mol. The van der Waals surface area contributed by atoms with E-state index in [4.69, 9.17) is 5.73 Å². The Morgan fingerprint density at radius 3 is 2.52 bits per heavy atom. The second kappa shape index (κ2) is 7.95. The van der Waals surface area contributed by atoms with Crippen molar-refractivity contribution in [1.82, 2.24) is 4.90 Å². The van der Waals surface area contributed by atoms with Gasteiger partial charge in [0, 0.05) is 18.9 Å². The fourth-order valence-electron chi connectivity index (χ4n) is 3.56. The Labute approximate surface area is 148 Å². The number of hydrogen-bond acceptors (Lipinski definition) is 3. The summed E-state index contributed by atoms with van der Waals surface area (Å²) in [5.41, 5.74) is 4.70. The van der Waals surface area contributed by atoms with Crippen LogP contribution < -0.4 is 5.73 Å². The number of β-amino-alcohol motifs (C(OH)–C–C–N with tert-alkyl or cyclic N) is 1. The maximum absolute atomic E-state index is 13.1. The average molecular weight is 350 g/mol. The minimum atomic E-state index is -1.20. The molecule has 1 aliphatic heterocycles. The Balaban J connectivity index is 2.16. The highest BCUT2D eigenvalue weighted by molar-refractivity contribution is 5.85. The molecule has 1 aliphatic rings. The van der Waals surface area contributed by atoms with Gasteiger partial charge in [0.05, 0.1) is 6.54 Å². The van der Waals surface area contributed by atoms with Crippen molar-refractivity contribution in [1.29, 1.82) is 0 Å². The number of benzene rings is 1. The Hall–Kier alpha value is -1.95. The molecule has 1 aromatic carbocycles. The molecule has 138 valence electrons. The third kappa shape index (κ3) is 5.01. The molecule has 1 heterocycles. The summed E-state index contributed by atoms with van der Waals surface area (Å²) in [6, 6.07) is 5.72. The first-order chi connectivity index (χ1) is 11.7. The highest BCUT2D eigenvalue weighted by Gasteiger charge is 2.38. The number of hydrogen-bond donors (Lipinski definition) is 2. The summed E-state index contributed by atoms with van der Waals surface area (Å²) in [6.45, 7) is 4.67. The molecule has 1 saturated heterocycles. The standard InChI is InChI=1S/C19H27FN2O3/c1-13(2)10-14(11-17(21)23)18(24)22-9-3-8-19(25,12-22)15-4-6-16(20)7-5-15/h4-7,13-14,25H,3,8-12H2,1-2H3,(H2,21,23). The molecule has 5 nitrogen and oxygen atoms in total. The van der Waals surface area contributed by atoms with Crippen LogP contribution in [0.4, 0.5) is 4.39 Å². The molecule has 2 rings (SSSR count). The summed E-state index contributed by atoms with van der Waals surface area (Å²) in [4.78, 5) is 25.8. The van der Waals surface area contributed by atoms with Gasteiger partial charge in [0.2, 0.25) is 11.8 Å². The van der Waals surface area contributed by atoms with E-state index in [9.17, 15) is 19.1 Å². The van der Waals surface area contributed by atoms with E-state index < -0.39 is 17.4 Å². The Kier molecular flexibility index (Phi) is 6.16. The number of piperidine rings is 1. The van der Waals surface area contributed by atoms with Gasteiger partial charge in [0.15, 0.2) is 0 Å². The van der Waals surface area contributed by atoms with Crippen LogP contribution in [0.1, 0.15) is 45.1 Å². The molecule has 0 aliphatic carbocycles. The monoisotopic (exact) mass is 350 g/mol. The molecule has 25 heavy (non-hydrogen) atoms. The minimum absolute atomic E-state index is 0.0164. The molecule has 2 atom stereocenters. The van der Waals surface area contributed by atoms with E-state index in [1.807, 2.05) is 13.8 Å². The van der Waals surface area contributed by atoms with Crippen molar-refractivity contribution in [3.05, 3.63) is 35.6 Å². The van der Waals surface area contributed by atoms with Crippen molar-refractivity contribution in [2.75, 3.05) is 13.1 Å². The van der Waals surface area contributed by atoms with Crippen LogP contribution in [0.2, 0.25) is 0 Å². The zero-order valence-electron chi connectivity index (χ0n) is 14.9. The number of carbonyl (C=O) groups excluding carboxylic acids is 2. The second-order valence-corrected chi connectivity index (χ2v) is 7.40. The smallest absolute Gasteiger partial charge is 0.226 e. The molecule has 0 aromatic heterocycles. The first kappa shape index (κ1) is 19.4. The van der Waals surface area contributed by atoms with E-state index in [0.29, 0.717) is 31.4 Å². The molecule has 2 amide bonds. The third-order valence-corrected chi connectivity index (χ3v) is 4.72. The van der Waals surface area contributed by atoms with Crippen molar-refractivity contribution >= 4 is 11.8 Å². The molecule has 0 spiro atoms. The molecular formula is C19H27FN2O3. The van der Waals surface area contributed by atoms with Crippen LogP contribution in [0.5, 0.6) is 0 Å². The lowest BCUT2D eigenvalue weighted by molar-refractivity contribution is -0.145. The van der Waals surface area contributed by atoms with Gasteiger partial charge in [0.1, 0.15) is 11.4 Å². The van der Waals surface area contributed by atoms with Crippen molar-refractivity contribution in [3.8, 4) is 0 Å². The number of carbonyl (C=O) groups is 2. The van der Waals surface area contributed by atoms with Gasteiger partial charge < -0.3 is 15.7 Å². The quantitative estimate of drug-likeness (QED) is 0.825. The third-order valence-electron chi connectivity index (χ3n) is 4.72. The number of primary amides is 1. The zero-order valence-corrected chi connectivity index (χ0v) is 14.9. The van der Waals surface area contributed by atoms with Crippen LogP contribution in [-0.4, -0.2) is 34.9 Å². The van der Waals surface area contributed by atoms with Crippen LogP contribution in [0.3, 0.4) is 0 Å². The summed E-state index contributed by atoms with van der Waals surface area (Å²) < 4.78 is 13.1. The van der Waals surface area contributed by atoms with Gasteiger partial charge in [0.25, 0.3) is 0 Å². The van der Waals surface area contributed by atoms with Crippen molar-refractivity contribution in [2.45, 2.75) is 45.1 Å². The van der Waals surface area contributed by atoms with Crippen molar-refractivity contribution in [2.24, 2.45) is 17.6 Å². The zero-order chi connectivity index (χ0) is 18.6. The molecular weight excluding hydrogens is 323 g/mol. The fraction of sp³-hybridized carbons (Fsp3) is 0.579. The Morgan fingerprint density at radius 2 is 1.96 bits per heavy atom. The van der Waals surface area contributed by atoms with Crippen LogP contribution in [0.25, 0.3) is 0 Å². The first-order valence-corrected chi connectivity index (χ1v) is 8.77. The number of nitrogens with zero attached hydrogens (tertiary/aromatic N) is 1. The number of likely N-dealkylation sites (tertiary alicyclic amines) is 1. The van der Waals surface area contributed by atoms with Gasteiger partial charge in [-0.3, -0.25) is 9.59 Å². The van der Waals surface area contributed by atoms with E-state index >= 15 is 0 Å². The molecule has 0 radical (unpaired) electrons. The van der Waals surface area contributed by atoms with Gasteiger partial charge in [-0.1, -0.05) is 26.0 Å². The molecule has 0 bridgehead atoms. The van der Waals surface area contributed by atoms with Crippen LogP contribution >= 0.6 is 0 Å². The number of aliphatic hydroxyl groups is 1. The Bertz CT molecular complexity index is 618. The molecule has 3 N–H and O–H groups in total. The number of nitrogens with two attached hydrogens (primary N) is 1. The summed E-state index contributed by atoms with van der Waals surface area (Å²) in [5, 5.41) is 11.0. The molecule has 1 aromatic rings. The normalized spacial score (nSPS) is 22.0. The summed E-state index contributed by atoms with van der Waals surface area (Å²) in [6.07, 6.45) is 1.74. The van der Waals surface area contributed by atoms with Gasteiger partial charge >= 0.3 is 0 Å². The number of amides is 2. The summed E-state index contributed by atoms with van der Waals surface area (Å²) in [7, 11) is 0. The van der Waals surface area contributed by atoms with E-state index in [2.05, 4.69) is 0 Å². The summed E-state index contributed by atoms with van der Waals surface area (Å²) in [5.74, 6) is -1.21. The number of rotatable bonds is 6. The SMILES string of the molecule is CC(C)CC(CC(N)=O)C(=O)N1CCCC(O)(c2ccc(F)cc2)C1. The fourth-order valence-corrected chi connectivity index (χ4v) is 3.56. The maximum atomic E-state index is 13.1. The summed E-state index contributed by atoms with van der Waals surface area (Å²) >= 11 is 0. The largest absolute Gasteiger partial charge is 0.383 e. The second-order valence-electron chi connectivity index (χ2n) is 7.40. The van der Waals surface area contributed by atoms with Gasteiger partial charge in [-0.05, 0) is 42.9 Å². The predicted octanol–water partition coefficient (Wildman–Crippen LogP) is 2.17. The molecule has 0 saturated carbocycles. The van der Waals surface area contributed by atoms with Crippen LogP contribution in [-0.2, 0) is 15.2 Å². The van der Waals surface area contributed by atoms with Gasteiger partial charge in [-0.15, -0.1) is 0 Å². The lowest BCUT2D eigenvalue weighted by Crippen LogP contribution is -2.50. The lowest BCUT2D eigenvalue weighted by atomic mass is 9.84. The topological polar surface area (TPSA) is 83.6 Å². The van der Waals surface area contributed by atoms with E-state index in [1.54, 1.807) is 17.0 Å². The van der Waals surface area contributed by atoms with E-state index in [1.165, 1.54) is 12.1 Å². The minimum Gasteiger partial charge on any atom is -0.383 e. The first-order valence-electron chi connectivity index (χ1n) is 8.77. The lowest BCUT2D eigenvalue weighted by Gasteiger charge is -2.41. The Morgan fingerprint density at radius 1 is 1.32 bits per heavy atom. The van der Waals surface area contributed by atoms with Gasteiger partial charge in [-0.2, -0.15) is 0 Å². The van der Waals surface area contributed by atoms with Crippen molar-refractivity contribution < 1.29 is 19.1 Å². The molecule has 2 unspecified atom stereocenters. The highest BCUT2D eigenvalue weighted by Crippen LogP contribution is 2.33.